The van der Waals surface area contributed by atoms with Crippen LogP contribution in [0.3, 0.4) is 0 Å². The van der Waals surface area contributed by atoms with Crippen molar-refractivity contribution in [1.82, 2.24) is 35.2 Å². The fourth-order valence-corrected chi connectivity index (χ4v) is 6.64. The molecule has 6 rings (SSSR count). The third-order valence-electron chi connectivity index (χ3n) is 9.14. The number of hydrogen-bond donors (Lipinski definition) is 2. The van der Waals surface area contributed by atoms with Gasteiger partial charge in [0.1, 0.15) is 17.3 Å². The van der Waals surface area contributed by atoms with Crippen LogP contribution in [0.15, 0.2) is 54.7 Å². The van der Waals surface area contributed by atoms with E-state index in [9.17, 15) is 14.4 Å². The van der Waals surface area contributed by atoms with Gasteiger partial charge in [0.2, 0.25) is 5.91 Å². The van der Waals surface area contributed by atoms with Crippen LogP contribution in [0.2, 0.25) is 0 Å². The Hall–Kier alpha value is -5.04. The molecule has 49 heavy (non-hydrogen) atoms. The molecule has 2 N–H and O–H groups in total. The second kappa shape index (κ2) is 14.6. The van der Waals surface area contributed by atoms with E-state index >= 15 is 4.39 Å². The molecule has 0 bridgehead atoms. The maximum absolute atomic E-state index is 15.2. The second-order valence-corrected chi connectivity index (χ2v) is 12.9. The Bertz CT molecular complexity index is 1840. The van der Waals surface area contributed by atoms with Gasteiger partial charge in [0.15, 0.2) is 0 Å². The van der Waals surface area contributed by atoms with Gasteiger partial charge >= 0.3 is 6.09 Å². The van der Waals surface area contributed by atoms with Crippen LogP contribution in [0.25, 0.3) is 22.2 Å². The third-order valence-corrected chi connectivity index (χ3v) is 9.14. The molecule has 0 radical (unpaired) electrons. The standard InChI is InChI=1S/C36H42FN7O5/c1-22(2)49-36(47)43-16-14-42(15-17-43)35(46)31-11-9-26(20-44(31)21-28-29(37)6-5-7-32(28)48-4)39-34(45)25-8-10-30-27(19-25)33(41-40-30)24-12-13-38-23(3)18-24/h5-8,10,12-13,18-19,22,26,31H,9,11,14-17,20-21H2,1-4H3,(H,39,45)(H,40,41)/t26-,31+/m1/s1. The lowest BCUT2D eigenvalue weighted by atomic mass is 9.95. The summed E-state index contributed by atoms with van der Waals surface area (Å²) >= 11 is 0. The number of benzene rings is 2. The Morgan fingerprint density at radius 1 is 1.04 bits per heavy atom. The minimum absolute atomic E-state index is 0.0822. The number of H-pyrrole nitrogens is 1. The minimum atomic E-state index is -0.541. The molecule has 2 saturated heterocycles. The van der Waals surface area contributed by atoms with Crippen molar-refractivity contribution in [3.05, 3.63) is 77.4 Å². The smallest absolute Gasteiger partial charge is 0.410 e. The van der Waals surface area contributed by atoms with Crippen LogP contribution < -0.4 is 10.1 Å². The van der Waals surface area contributed by atoms with E-state index in [1.54, 1.807) is 48.0 Å². The number of hydrogen-bond acceptors (Lipinski definition) is 8. The molecule has 3 amide bonds. The van der Waals surface area contributed by atoms with Gasteiger partial charge in [0, 0.05) is 79.3 Å². The lowest BCUT2D eigenvalue weighted by Gasteiger charge is -2.43. The number of aromatic nitrogens is 3. The monoisotopic (exact) mass is 671 g/mol. The maximum atomic E-state index is 15.2. The van der Waals surface area contributed by atoms with Gasteiger partial charge in [0.25, 0.3) is 5.91 Å². The van der Waals surface area contributed by atoms with Crippen molar-refractivity contribution in [1.29, 1.82) is 0 Å². The fraction of sp³-hybridized carbons (Fsp3) is 0.417. The van der Waals surface area contributed by atoms with Crippen LogP contribution >= 0.6 is 0 Å². The van der Waals surface area contributed by atoms with Crippen molar-refractivity contribution in [2.24, 2.45) is 0 Å². The molecular formula is C36H42FN7O5. The number of fused-ring (bicyclic) bond motifs is 1. The van der Waals surface area contributed by atoms with Gasteiger partial charge in [-0.3, -0.25) is 24.6 Å². The van der Waals surface area contributed by atoms with E-state index in [1.807, 2.05) is 36.1 Å². The first-order valence-corrected chi connectivity index (χ1v) is 16.6. The average molecular weight is 672 g/mol. The SMILES string of the molecule is COc1cccc(F)c1CN1C[C@H](NC(=O)c2ccc3[nH]nc(-c4ccnc(C)c4)c3c2)CC[C@H]1C(=O)N1CCN(C(=O)OC(C)C)CC1. The molecule has 2 aromatic carbocycles. The predicted molar refractivity (Wildman–Crippen MR) is 181 cm³/mol. The molecule has 2 aliphatic heterocycles. The Labute approximate surface area is 284 Å². The van der Waals surface area contributed by atoms with E-state index in [-0.39, 0.29) is 36.6 Å². The summed E-state index contributed by atoms with van der Waals surface area (Å²) < 4.78 is 26.0. The fourth-order valence-electron chi connectivity index (χ4n) is 6.64. The van der Waals surface area contributed by atoms with Crippen LogP contribution in [-0.2, 0) is 16.1 Å². The van der Waals surface area contributed by atoms with Crippen LogP contribution in [0.4, 0.5) is 9.18 Å². The highest BCUT2D eigenvalue weighted by Gasteiger charge is 2.38. The first-order chi connectivity index (χ1) is 23.6. The van der Waals surface area contributed by atoms with Crippen molar-refractivity contribution in [2.45, 2.75) is 58.3 Å². The van der Waals surface area contributed by atoms with Gasteiger partial charge in [-0.25, -0.2) is 9.18 Å². The van der Waals surface area contributed by atoms with Crippen LogP contribution in [-0.4, -0.2) is 106 Å². The number of pyridine rings is 1. The first kappa shape index (κ1) is 33.8. The summed E-state index contributed by atoms with van der Waals surface area (Å²) in [5.74, 6) is -0.366. The average Bonchev–Trinajstić information content (AvgIpc) is 3.52. The number of nitrogens with one attached hydrogen (secondary N) is 2. The highest BCUT2D eigenvalue weighted by Crippen LogP contribution is 2.30. The number of likely N-dealkylation sites (tertiary alicyclic amines) is 1. The number of aryl methyl sites for hydroxylation is 1. The number of carbonyl (C=O) groups is 3. The normalized spacial score (nSPS) is 18.5. The molecule has 2 fully saturated rings. The second-order valence-electron chi connectivity index (χ2n) is 12.9. The maximum Gasteiger partial charge on any atom is 0.410 e. The summed E-state index contributed by atoms with van der Waals surface area (Å²) in [7, 11) is 1.49. The zero-order valence-electron chi connectivity index (χ0n) is 28.2. The molecule has 2 atom stereocenters. The Morgan fingerprint density at radius 2 is 1.82 bits per heavy atom. The number of carbonyl (C=O) groups excluding carboxylic acids is 3. The molecule has 4 aromatic rings. The Kier molecular flexibility index (Phi) is 10.1. The van der Waals surface area contributed by atoms with Gasteiger partial charge in [-0.2, -0.15) is 5.10 Å². The summed E-state index contributed by atoms with van der Waals surface area (Å²) in [5, 5.41) is 11.5. The lowest BCUT2D eigenvalue weighted by Crippen LogP contribution is -2.59. The first-order valence-electron chi connectivity index (χ1n) is 16.6. The number of aromatic amines is 1. The summed E-state index contributed by atoms with van der Waals surface area (Å²) in [4.78, 5) is 49.6. The van der Waals surface area contributed by atoms with Gasteiger partial charge < -0.3 is 24.6 Å². The topological polar surface area (TPSA) is 133 Å². The number of ether oxygens (including phenoxy) is 2. The molecule has 258 valence electrons. The molecule has 0 unspecified atom stereocenters. The van der Waals surface area contributed by atoms with Crippen molar-refractivity contribution in [3.8, 4) is 17.0 Å². The van der Waals surface area contributed by atoms with Crippen molar-refractivity contribution in [3.63, 3.8) is 0 Å². The third kappa shape index (κ3) is 7.51. The number of halogens is 1. The highest BCUT2D eigenvalue weighted by atomic mass is 19.1. The van der Waals surface area contributed by atoms with Gasteiger partial charge in [-0.05, 0) is 76.1 Å². The molecule has 0 saturated carbocycles. The quantitative estimate of drug-likeness (QED) is 0.279. The Morgan fingerprint density at radius 3 is 2.55 bits per heavy atom. The minimum Gasteiger partial charge on any atom is -0.496 e. The largest absolute Gasteiger partial charge is 0.496 e. The van der Waals surface area contributed by atoms with E-state index in [0.717, 1.165) is 27.9 Å². The van der Waals surface area contributed by atoms with E-state index in [2.05, 4.69) is 20.5 Å². The molecule has 2 aromatic heterocycles. The molecular weight excluding hydrogens is 629 g/mol. The number of piperidine rings is 1. The molecule has 12 nitrogen and oxygen atoms in total. The number of nitrogens with zero attached hydrogens (tertiary/aromatic N) is 5. The van der Waals surface area contributed by atoms with E-state index < -0.39 is 11.9 Å². The van der Waals surface area contributed by atoms with Crippen molar-refractivity contribution < 1.29 is 28.2 Å². The molecule has 2 aliphatic rings. The number of rotatable bonds is 8. The van der Waals surface area contributed by atoms with Gasteiger partial charge in [-0.1, -0.05) is 6.07 Å². The van der Waals surface area contributed by atoms with E-state index in [1.165, 1.54) is 13.2 Å². The van der Waals surface area contributed by atoms with Crippen LogP contribution in [0, 0.1) is 12.7 Å². The zero-order chi connectivity index (χ0) is 34.7. The summed E-state index contributed by atoms with van der Waals surface area (Å²) in [5.41, 5.74) is 4.13. The van der Waals surface area contributed by atoms with Gasteiger partial charge in [-0.15, -0.1) is 0 Å². The van der Waals surface area contributed by atoms with E-state index in [0.29, 0.717) is 62.4 Å². The zero-order valence-corrected chi connectivity index (χ0v) is 28.2. The lowest BCUT2D eigenvalue weighted by molar-refractivity contribution is -0.140. The van der Waals surface area contributed by atoms with Crippen LogP contribution in [0.1, 0.15) is 48.3 Å². The van der Waals surface area contributed by atoms with E-state index in [4.69, 9.17) is 9.47 Å². The molecule has 0 spiro atoms. The summed E-state index contributed by atoms with van der Waals surface area (Å²) in [6, 6.07) is 13.1. The Balaban J connectivity index is 1.19. The molecule has 0 aliphatic carbocycles. The summed E-state index contributed by atoms with van der Waals surface area (Å²) in [6.07, 6.45) is 2.14. The predicted octanol–water partition coefficient (Wildman–Crippen LogP) is 4.53. The van der Waals surface area contributed by atoms with Crippen molar-refractivity contribution in [2.75, 3.05) is 39.8 Å². The van der Waals surface area contributed by atoms with Gasteiger partial charge in [0.05, 0.1) is 24.8 Å². The van der Waals surface area contributed by atoms with Crippen molar-refractivity contribution >= 4 is 28.8 Å². The number of methoxy groups -OCH3 is 1. The van der Waals surface area contributed by atoms with Crippen LogP contribution in [0.5, 0.6) is 5.75 Å². The number of amides is 3. The molecule has 13 heteroatoms. The number of piperazine rings is 1. The molecule has 4 heterocycles. The highest BCUT2D eigenvalue weighted by molar-refractivity contribution is 6.01. The summed E-state index contributed by atoms with van der Waals surface area (Å²) in [6.45, 7) is 7.44.